The van der Waals surface area contributed by atoms with Crippen LogP contribution in [0.5, 0.6) is 0 Å². The molecule has 0 spiro atoms. The van der Waals surface area contributed by atoms with Crippen molar-refractivity contribution in [3.05, 3.63) is 42.6 Å². The Kier molecular flexibility index (Phi) is 4.75. The van der Waals surface area contributed by atoms with Crippen molar-refractivity contribution in [3.63, 3.8) is 0 Å². The third kappa shape index (κ3) is 3.65. The van der Waals surface area contributed by atoms with Crippen molar-refractivity contribution in [2.75, 3.05) is 19.6 Å². The molecule has 0 aliphatic carbocycles. The monoisotopic (exact) mass is 349 g/mol. The molecule has 3 aromatic rings. The third-order valence-electron chi connectivity index (χ3n) is 4.89. The number of hydrogen-bond donors (Lipinski definition) is 0. The Bertz CT molecular complexity index is 927. The van der Waals surface area contributed by atoms with Crippen LogP contribution in [0.3, 0.4) is 0 Å². The van der Waals surface area contributed by atoms with Crippen LogP contribution in [0.4, 0.5) is 0 Å². The van der Waals surface area contributed by atoms with Crippen molar-refractivity contribution < 1.29 is 4.79 Å². The second-order valence-electron chi connectivity index (χ2n) is 6.88. The number of likely N-dealkylation sites (tertiary alicyclic amines) is 1. The molecule has 26 heavy (non-hydrogen) atoms. The van der Waals surface area contributed by atoms with Gasteiger partial charge in [-0.3, -0.25) is 24.3 Å². The first kappa shape index (κ1) is 16.8. The lowest BCUT2D eigenvalue weighted by Crippen LogP contribution is -2.27. The van der Waals surface area contributed by atoms with E-state index in [2.05, 4.69) is 33.0 Å². The Hall–Kier alpha value is -2.60. The summed E-state index contributed by atoms with van der Waals surface area (Å²) in [5, 5.41) is 5.33. The van der Waals surface area contributed by atoms with Crippen LogP contribution in [0.25, 0.3) is 22.0 Å². The van der Waals surface area contributed by atoms with Crippen molar-refractivity contribution in [2.24, 2.45) is 0 Å². The average Bonchev–Trinajstić information content (AvgIpc) is 3.32. The van der Waals surface area contributed by atoms with Gasteiger partial charge in [-0.25, -0.2) is 0 Å². The normalized spacial score (nSPS) is 15.0. The third-order valence-corrected chi connectivity index (χ3v) is 4.89. The van der Waals surface area contributed by atoms with E-state index in [1.54, 1.807) is 6.20 Å². The summed E-state index contributed by atoms with van der Waals surface area (Å²) in [4.78, 5) is 23.5. The topological polar surface area (TPSA) is 63.9 Å². The highest BCUT2D eigenvalue weighted by molar-refractivity contribution is 5.86. The van der Waals surface area contributed by atoms with E-state index in [-0.39, 0.29) is 5.78 Å². The van der Waals surface area contributed by atoms with E-state index in [0.717, 1.165) is 47.4 Å². The molecule has 0 N–H and O–H groups in total. The first-order valence-corrected chi connectivity index (χ1v) is 9.23. The first-order valence-electron chi connectivity index (χ1n) is 9.23. The predicted octanol–water partition coefficient (Wildman–Crippen LogP) is 2.72. The number of nitrogens with zero attached hydrogens (tertiary/aromatic N) is 5. The number of Topliss-reactive ketones (excluding diaryl/α,β-unsaturated/α-hetero) is 1. The lowest BCUT2D eigenvalue weighted by atomic mass is 10.1. The van der Waals surface area contributed by atoms with Crippen LogP contribution >= 0.6 is 0 Å². The zero-order chi connectivity index (χ0) is 17.9. The van der Waals surface area contributed by atoms with E-state index in [0.29, 0.717) is 13.0 Å². The van der Waals surface area contributed by atoms with Crippen LogP contribution in [-0.2, 0) is 17.8 Å². The van der Waals surface area contributed by atoms with Gasteiger partial charge < -0.3 is 0 Å². The van der Waals surface area contributed by atoms with Crippen LogP contribution < -0.4 is 0 Å². The summed E-state index contributed by atoms with van der Waals surface area (Å²) in [6.07, 6.45) is 10.3. The molecule has 0 atom stereocenters. The summed E-state index contributed by atoms with van der Waals surface area (Å²) in [7, 11) is 0. The SMILES string of the molecule is CCn1cc(-c2cnc3cnc(CC(=O)CN4CCCC4)cc3c2)cn1. The molecule has 0 saturated carbocycles. The second-order valence-corrected chi connectivity index (χ2v) is 6.88. The van der Waals surface area contributed by atoms with Gasteiger partial charge in [0.1, 0.15) is 0 Å². The fourth-order valence-corrected chi connectivity index (χ4v) is 3.46. The van der Waals surface area contributed by atoms with E-state index >= 15 is 0 Å². The molecule has 0 amide bonds. The number of carbonyl (C=O) groups excluding carboxylic acids is 1. The number of fused-ring (bicyclic) bond motifs is 1. The summed E-state index contributed by atoms with van der Waals surface area (Å²) in [6, 6.07) is 4.08. The van der Waals surface area contributed by atoms with Crippen molar-refractivity contribution in [1.82, 2.24) is 24.6 Å². The molecule has 1 saturated heterocycles. The van der Waals surface area contributed by atoms with E-state index in [1.807, 2.05) is 29.3 Å². The summed E-state index contributed by atoms with van der Waals surface area (Å²) in [5.74, 6) is 0.229. The van der Waals surface area contributed by atoms with Crippen LogP contribution in [0.1, 0.15) is 25.5 Å². The molecule has 0 bridgehead atoms. The maximum atomic E-state index is 12.3. The summed E-state index contributed by atoms with van der Waals surface area (Å²) in [5.41, 5.74) is 3.72. The molecule has 134 valence electrons. The van der Waals surface area contributed by atoms with Crippen LogP contribution in [0.2, 0.25) is 0 Å². The molecular weight excluding hydrogens is 326 g/mol. The van der Waals surface area contributed by atoms with E-state index < -0.39 is 0 Å². The number of aromatic nitrogens is 4. The van der Waals surface area contributed by atoms with Gasteiger partial charge in [0.2, 0.25) is 0 Å². The van der Waals surface area contributed by atoms with E-state index in [4.69, 9.17) is 0 Å². The van der Waals surface area contributed by atoms with Gasteiger partial charge in [-0.05, 0) is 45.0 Å². The molecule has 6 nitrogen and oxygen atoms in total. The Labute approximate surface area is 152 Å². The maximum Gasteiger partial charge on any atom is 0.152 e. The van der Waals surface area contributed by atoms with Crippen LogP contribution in [0.15, 0.2) is 36.9 Å². The van der Waals surface area contributed by atoms with E-state index in [1.165, 1.54) is 12.8 Å². The number of hydrogen-bond acceptors (Lipinski definition) is 5. The quantitative estimate of drug-likeness (QED) is 0.685. The second kappa shape index (κ2) is 7.33. The number of ketones is 1. The first-order chi connectivity index (χ1) is 12.7. The van der Waals surface area contributed by atoms with Crippen molar-refractivity contribution >= 4 is 16.7 Å². The molecule has 1 aliphatic heterocycles. The molecule has 3 aromatic heterocycles. The highest BCUT2D eigenvalue weighted by atomic mass is 16.1. The molecular formula is C20H23N5O. The van der Waals surface area contributed by atoms with Crippen molar-refractivity contribution in [3.8, 4) is 11.1 Å². The van der Waals surface area contributed by atoms with Gasteiger partial charge in [0.15, 0.2) is 5.78 Å². The maximum absolute atomic E-state index is 12.3. The number of carbonyl (C=O) groups is 1. The average molecular weight is 349 g/mol. The van der Waals surface area contributed by atoms with Crippen LogP contribution in [0, 0.1) is 0 Å². The van der Waals surface area contributed by atoms with Gasteiger partial charge in [0.05, 0.1) is 30.9 Å². The molecule has 0 radical (unpaired) electrons. The molecule has 6 heteroatoms. The summed E-state index contributed by atoms with van der Waals surface area (Å²) in [6.45, 7) is 5.51. The lowest BCUT2D eigenvalue weighted by molar-refractivity contribution is -0.119. The molecule has 1 aliphatic rings. The lowest BCUT2D eigenvalue weighted by Gasteiger charge is -2.13. The summed E-state index contributed by atoms with van der Waals surface area (Å²) >= 11 is 0. The zero-order valence-corrected chi connectivity index (χ0v) is 15.1. The Morgan fingerprint density at radius 3 is 2.69 bits per heavy atom. The van der Waals surface area contributed by atoms with Gasteiger partial charge >= 0.3 is 0 Å². The molecule has 4 heterocycles. The van der Waals surface area contributed by atoms with Gasteiger partial charge in [0, 0.05) is 41.1 Å². The fraction of sp³-hybridized carbons (Fsp3) is 0.400. The Morgan fingerprint density at radius 1 is 1.08 bits per heavy atom. The van der Waals surface area contributed by atoms with Gasteiger partial charge in [-0.1, -0.05) is 0 Å². The minimum Gasteiger partial charge on any atom is -0.298 e. The molecule has 0 aromatic carbocycles. The predicted molar refractivity (Wildman–Crippen MR) is 101 cm³/mol. The largest absolute Gasteiger partial charge is 0.298 e. The minimum atomic E-state index is 0.229. The van der Waals surface area contributed by atoms with Crippen molar-refractivity contribution in [2.45, 2.75) is 32.7 Å². The fourth-order valence-electron chi connectivity index (χ4n) is 3.46. The van der Waals surface area contributed by atoms with Gasteiger partial charge in [-0.15, -0.1) is 0 Å². The Balaban J connectivity index is 1.54. The number of aryl methyl sites for hydroxylation is 1. The molecule has 1 fully saturated rings. The highest BCUT2D eigenvalue weighted by Gasteiger charge is 2.16. The van der Waals surface area contributed by atoms with Crippen LogP contribution in [-0.4, -0.2) is 50.1 Å². The Morgan fingerprint density at radius 2 is 1.92 bits per heavy atom. The number of pyridine rings is 2. The van der Waals surface area contributed by atoms with Crippen molar-refractivity contribution in [1.29, 1.82) is 0 Å². The smallest absolute Gasteiger partial charge is 0.152 e. The summed E-state index contributed by atoms with van der Waals surface area (Å²) < 4.78 is 1.90. The standard InChI is InChI=1S/C20H23N5O/c1-2-25-13-17(11-23-25)16-7-15-8-18(21-12-20(15)22-10-16)9-19(26)14-24-5-3-4-6-24/h7-8,10-13H,2-6,9,14H2,1H3. The van der Waals surface area contributed by atoms with Gasteiger partial charge in [-0.2, -0.15) is 5.10 Å². The molecule has 0 unspecified atom stereocenters. The zero-order valence-electron chi connectivity index (χ0n) is 15.1. The van der Waals surface area contributed by atoms with Gasteiger partial charge in [0.25, 0.3) is 0 Å². The highest BCUT2D eigenvalue weighted by Crippen LogP contribution is 2.22. The minimum absolute atomic E-state index is 0.229. The molecule has 4 rings (SSSR count). The van der Waals surface area contributed by atoms with E-state index in [9.17, 15) is 4.79 Å². The number of rotatable bonds is 6.